The van der Waals surface area contributed by atoms with E-state index in [2.05, 4.69) is 180 Å². The molecular formula is C48H33N3O. The zero-order valence-electron chi connectivity index (χ0n) is 28.3. The number of rotatable bonds is 6. The number of furan rings is 1. The minimum Gasteiger partial charge on any atom is -0.455 e. The molecule has 2 aliphatic rings. The van der Waals surface area contributed by atoms with Gasteiger partial charge in [0.2, 0.25) is 0 Å². The van der Waals surface area contributed by atoms with Crippen LogP contribution in [0.15, 0.2) is 192 Å². The molecule has 6 aromatic carbocycles. The molecule has 1 aliphatic heterocycles. The lowest BCUT2D eigenvalue weighted by atomic mass is 9.91. The molecule has 3 heterocycles. The van der Waals surface area contributed by atoms with Crippen molar-refractivity contribution in [2.24, 2.45) is 0 Å². The third-order valence-electron chi connectivity index (χ3n) is 10.2. The van der Waals surface area contributed by atoms with E-state index in [4.69, 9.17) is 9.40 Å². The molecule has 2 aromatic heterocycles. The highest BCUT2D eigenvalue weighted by molar-refractivity contribution is 6.17. The molecule has 1 aliphatic carbocycles. The van der Waals surface area contributed by atoms with Crippen LogP contribution in [0.5, 0.6) is 0 Å². The van der Waals surface area contributed by atoms with E-state index in [1.54, 1.807) is 0 Å². The second kappa shape index (κ2) is 12.4. The SMILES string of the molecule is C1=CNC2C(=C1)C=Cc1ccc(-c3ccc(N(c4ccc(-c5ccccc5)cc4)c4ccc(-c5ccccc5)cc4)c4c3oc3ccccc34)nc12. The first-order chi connectivity index (χ1) is 25.8. The van der Waals surface area contributed by atoms with Crippen molar-refractivity contribution in [2.75, 3.05) is 4.90 Å². The number of para-hydroxylation sites is 1. The largest absolute Gasteiger partial charge is 0.455 e. The van der Waals surface area contributed by atoms with Crippen LogP contribution in [0.2, 0.25) is 0 Å². The summed E-state index contributed by atoms with van der Waals surface area (Å²) in [5.41, 5.74) is 14.7. The molecule has 1 N–H and O–H groups in total. The molecular weight excluding hydrogens is 635 g/mol. The van der Waals surface area contributed by atoms with Gasteiger partial charge in [-0.25, -0.2) is 4.98 Å². The highest BCUT2D eigenvalue weighted by atomic mass is 16.3. The fourth-order valence-corrected chi connectivity index (χ4v) is 7.58. The Morgan fingerprint density at radius 3 is 1.90 bits per heavy atom. The first kappa shape index (κ1) is 30.0. The highest BCUT2D eigenvalue weighted by Crippen LogP contribution is 2.46. The number of nitrogens with zero attached hydrogens (tertiary/aromatic N) is 2. The number of allylic oxidation sites excluding steroid dienone is 2. The van der Waals surface area contributed by atoms with Gasteiger partial charge >= 0.3 is 0 Å². The van der Waals surface area contributed by atoms with Gasteiger partial charge in [0.25, 0.3) is 0 Å². The summed E-state index contributed by atoms with van der Waals surface area (Å²) in [6.07, 6.45) is 10.5. The molecule has 4 nitrogen and oxygen atoms in total. The summed E-state index contributed by atoms with van der Waals surface area (Å²) < 4.78 is 6.79. The fourth-order valence-electron chi connectivity index (χ4n) is 7.58. The monoisotopic (exact) mass is 667 g/mol. The smallest absolute Gasteiger partial charge is 0.146 e. The topological polar surface area (TPSA) is 41.3 Å². The normalized spacial score (nSPS) is 14.5. The molecule has 0 fully saturated rings. The van der Waals surface area contributed by atoms with Crippen LogP contribution in [0, 0.1) is 0 Å². The van der Waals surface area contributed by atoms with Gasteiger partial charge in [-0.1, -0.05) is 127 Å². The number of pyridine rings is 1. The number of anilines is 3. The quantitative estimate of drug-likeness (QED) is 0.192. The summed E-state index contributed by atoms with van der Waals surface area (Å²) in [6, 6.07) is 55.7. The lowest BCUT2D eigenvalue weighted by Crippen LogP contribution is -2.23. The maximum atomic E-state index is 6.79. The minimum atomic E-state index is 0.0172. The molecule has 0 radical (unpaired) electrons. The number of aromatic nitrogens is 1. The van der Waals surface area contributed by atoms with E-state index < -0.39 is 0 Å². The predicted octanol–water partition coefficient (Wildman–Crippen LogP) is 12.6. The van der Waals surface area contributed by atoms with Crippen LogP contribution in [0.25, 0.3) is 61.5 Å². The van der Waals surface area contributed by atoms with Crippen LogP contribution in [0.3, 0.4) is 0 Å². The number of dihydropyridines is 1. The van der Waals surface area contributed by atoms with Crippen molar-refractivity contribution in [2.45, 2.75) is 6.04 Å². The zero-order chi connectivity index (χ0) is 34.4. The molecule has 0 saturated carbocycles. The maximum absolute atomic E-state index is 6.79. The highest BCUT2D eigenvalue weighted by Gasteiger charge is 2.26. The Morgan fingerprint density at radius 2 is 1.21 bits per heavy atom. The summed E-state index contributed by atoms with van der Waals surface area (Å²) in [5, 5.41) is 5.62. The van der Waals surface area contributed by atoms with Crippen molar-refractivity contribution in [1.82, 2.24) is 10.3 Å². The summed E-state index contributed by atoms with van der Waals surface area (Å²) >= 11 is 0. The molecule has 10 rings (SSSR count). The van der Waals surface area contributed by atoms with Crippen LogP contribution in [-0.4, -0.2) is 4.98 Å². The summed E-state index contributed by atoms with van der Waals surface area (Å²) in [7, 11) is 0. The Hall–Kier alpha value is -6.91. The predicted molar refractivity (Wildman–Crippen MR) is 215 cm³/mol. The van der Waals surface area contributed by atoms with E-state index in [0.717, 1.165) is 61.5 Å². The van der Waals surface area contributed by atoms with Crippen LogP contribution < -0.4 is 10.2 Å². The van der Waals surface area contributed by atoms with E-state index in [9.17, 15) is 0 Å². The first-order valence-electron chi connectivity index (χ1n) is 17.7. The standard InChI is InChI=1S/C48H33N3O/c1-3-10-32(11-4-1)34-19-24-38(25-20-34)51(39-26-21-35(22-27-39)33-12-5-2-6-13-33)43-30-28-40(48-45(43)41-15-7-8-16-44(41)52-48)42-29-23-37-18-17-36-14-9-31-49-46(36)47(37)50-42/h1-31,46,49H. The van der Waals surface area contributed by atoms with Gasteiger partial charge in [-0.3, -0.25) is 0 Å². The lowest BCUT2D eigenvalue weighted by Gasteiger charge is -2.27. The molecule has 0 amide bonds. The maximum Gasteiger partial charge on any atom is 0.146 e. The van der Waals surface area contributed by atoms with Gasteiger partial charge in [-0.15, -0.1) is 0 Å². The average molecular weight is 668 g/mol. The third-order valence-corrected chi connectivity index (χ3v) is 10.2. The Kier molecular flexibility index (Phi) is 7.17. The number of benzene rings is 6. The van der Waals surface area contributed by atoms with E-state index in [-0.39, 0.29) is 6.04 Å². The van der Waals surface area contributed by atoms with Gasteiger partial charge in [0.1, 0.15) is 11.2 Å². The average Bonchev–Trinajstić information content (AvgIpc) is 3.62. The number of hydrogen-bond donors (Lipinski definition) is 1. The molecule has 8 aromatic rings. The summed E-state index contributed by atoms with van der Waals surface area (Å²) in [4.78, 5) is 7.64. The number of nitrogens with one attached hydrogen (secondary N) is 1. The lowest BCUT2D eigenvalue weighted by molar-refractivity contribution is 0.669. The van der Waals surface area contributed by atoms with Crippen LogP contribution in [0.1, 0.15) is 17.3 Å². The summed E-state index contributed by atoms with van der Waals surface area (Å²) in [5.74, 6) is 0. The molecule has 0 bridgehead atoms. The zero-order valence-corrected chi connectivity index (χ0v) is 28.3. The second-order valence-electron chi connectivity index (χ2n) is 13.2. The Bertz CT molecular complexity index is 2600. The van der Waals surface area contributed by atoms with Gasteiger partial charge in [-0.05, 0) is 94.2 Å². The second-order valence-corrected chi connectivity index (χ2v) is 13.2. The summed E-state index contributed by atoms with van der Waals surface area (Å²) in [6.45, 7) is 0. The number of hydrogen-bond acceptors (Lipinski definition) is 4. The van der Waals surface area contributed by atoms with Crippen molar-refractivity contribution in [3.05, 3.63) is 199 Å². The minimum absolute atomic E-state index is 0.0172. The van der Waals surface area contributed by atoms with E-state index in [0.29, 0.717) is 0 Å². The van der Waals surface area contributed by atoms with Gasteiger partial charge < -0.3 is 14.6 Å². The van der Waals surface area contributed by atoms with E-state index in [1.807, 2.05) is 18.3 Å². The van der Waals surface area contributed by atoms with E-state index in [1.165, 1.54) is 27.8 Å². The van der Waals surface area contributed by atoms with Crippen molar-refractivity contribution in [1.29, 1.82) is 0 Å². The molecule has 0 spiro atoms. The number of fused-ring (bicyclic) bond motifs is 6. The van der Waals surface area contributed by atoms with Crippen molar-refractivity contribution < 1.29 is 4.42 Å². The Morgan fingerprint density at radius 1 is 0.577 bits per heavy atom. The van der Waals surface area contributed by atoms with Crippen LogP contribution in [-0.2, 0) is 0 Å². The van der Waals surface area contributed by atoms with E-state index >= 15 is 0 Å². The molecule has 0 saturated heterocycles. The molecule has 246 valence electrons. The van der Waals surface area contributed by atoms with Gasteiger partial charge in [-0.2, -0.15) is 0 Å². The Labute approximate surface area is 302 Å². The molecule has 52 heavy (non-hydrogen) atoms. The third kappa shape index (κ3) is 5.12. The van der Waals surface area contributed by atoms with Gasteiger partial charge in [0.05, 0.1) is 28.5 Å². The van der Waals surface area contributed by atoms with Gasteiger partial charge in [0.15, 0.2) is 0 Å². The fraction of sp³-hybridized carbons (Fsp3) is 0.0208. The molecule has 4 heteroatoms. The van der Waals surface area contributed by atoms with Crippen LogP contribution in [0.4, 0.5) is 17.1 Å². The van der Waals surface area contributed by atoms with Crippen LogP contribution >= 0.6 is 0 Å². The molecule has 1 atom stereocenters. The van der Waals surface area contributed by atoms with Crippen molar-refractivity contribution in [3.63, 3.8) is 0 Å². The molecule has 1 unspecified atom stereocenters. The van der Waals surface area contributed by atoms with Crippen molar-refractivity contribution >= 4 is 45.1 Å². The first-order valence-corrected chi connectivity index (χ1v) is 17.7. The Balaban J connectivity index is 1.16. The van der Waals surface area contributed by atoms with Gasteiger partial charge in [0, 0.05) is 22.3 Å². The van der Waals surface area contributed by atoms with Crippen molar-refractivity contribution in [3.8, 4) is 33.5 Å².